The van der Waals surface area contributed by atoms with Gasteiger partial charge in [0.05, 0.1) is 0 Å². The number of rotatable bonds is 5. The minimum atomic E-state index is 0.253. The monoisotopic (exact) mass is 617 g/mol. The lowest BCUT2D eigenvalue weighted by atomic mass is 9.86. The van der Waals surface area contributed by atoms with Crippen LogP contribution in [0.3, 0.4) is 0 Å². The van der Waals surface area contributed by atoms with Crippen LogP contribution in [-0.4, -0.2) is 15.0 Å². The second-order valence-electron chi connectivity index (χ2n) is 12.5. The van der Waals surface area contributed by atoms with E-state index in [1.54, 1.807) is 0 Å². The number of aromatic nitrogens is 3. The van der Waals surface area contributed by atoms with Gasteiger partial charge in [0.1, 0.15) is 11.3 Å². The van der Waals surface area contributed by atoms with E-state index in [2.05, 4.69) is 134 Å². The second kappa shape index (κ2) is 11.6. The molecule has 2 heterocycles. The number of benzene rings is 6. The Kier molecular flexibility index (Phi) is 6.79. The molecule has 0 radical (unpaired) electrons. The summed E-state index contributed by atoms with van der Waals surface area (Å²) in [6.07, 6.45) is 3.12. The zero-order valence-electron chi connectivity index (χ0n) is 26.5. The fraction of sp³-hybridized carbons (Fsp3) is 0.0682. The topological polar surface area (TPSA) is 51.8 Å². The van der Waals surface area contributed by atoms with Crippen LogP contribution in [0.4, 0.5) is 0 Å². The number of hydrogen-bond acceptors (Lipinski definition) is 4. The molecule has 9 rings (SSSR count). The van der Waals surface area contributed by atoms with Crippen molar-refractivity contribution in [3.63, 3.8) is 0 Å². The summed E-state index contributed by atoms with van der Waals surface area (Å²) >= 11 is 0. The molecule has 0 fully saturated rings. The molecular formula is C44H31N3O. The van der Waals surface area contributed by atoms with Gasteiger partial charge in [0.25, 0.3) is 0 Å². The molecule has 6 aromatic carbocycles. The summed E-state index contributed by atoms with van der Waals surface area (Å²) < 4.78 is 6.63. The number of fused-ring (bicyclic) bond motifs is 4. The van der Waals surface area contributed by atoms with Crippen LogP contribution < -0.4 is 0 Å². The van der Waals surface area contributed by atoms with Crippen molar-refractivity contribution < 1.29 is 4.42 Å². The zero-order chi connectivity index (χ0) is 32.0. The Hall–Kier alpha value is -6.13. The summed E-state index contributed by atoms with van der Waals surface area (Å²) in [5.74, 6) is 3.17. The summed E-state index contributed by atoms with van der Waals surface area (Å²) in [7, 11) is 0. The van der Waals surface area contributed by atoms with Gasteiger partial charge < -0.3 is 4.42 Å². The first-order valence-corrected chi connectivity index (χ1v) is 16.4. The third-order valence-corrected chi connectivity index (χ3v) is 9.24. The van der Waals surface area contributed by atoms with Gasteiger partial charge in [0.2, 0.25) is 0 Å². The maximum Gasteiger partial charge on any atom is 0.164 e. The van der Waals surface area contributed by atoms with Gasteiger partial charge in [-0.3, -0.25) is 0 Å². The predicted octanol–water partition coefficient (Wildman–Crippen LogP) is 11.1. The van der Waals surface area contributed by atoms with Crippen molar-refractivity contribution in [1.82, 2.24) is 15.0 Å². The van der Waals surface area contributed by atoms with E-state index in [1.807, 2.05) is 24.3 Å². The average Bonchev–Trinajstić information content (AvgIpc) is 3.53. The van der Waals surface area contributed by atoms with Crippen LogP contribution in [0.25, 0.3) is 72.3 Å². The molecule has 4 nitrogen and oxygen atoms in total. The van der Waals surface area contributed by atoms with Gasteiger partial charge in [-0.05, 0) is 51.1 Å². The van der Waals surface area contributed by atoms with Crippen LogP contribution in [0, 0.1) is 5.92 Å². The summed E-state index contributed by atoms with van der Waals surface area (Å²) in [5.41, 5.74) is 9.49. The predicted molar refractivity (Wildman–Crippen MR) is 195 cm³/mol. The molecule has 2 aromatic heterocycles. The molecule has 0 aliphatic heterocycles. The average molecular weight is 618 g/mol. The summed E-state index contributed by atoms with van der Waals surface area (Å²) in [5, 5.41) is 3.42. The van der Waals surface area contributed by atoms with Crippen LogP contribution >= 0.6 is 0 Å². The Morgan fingerprint density at radius 2 is 1.12 bits per heavy atom. The van der Waals surface area contributed by atoms with Crippen molar-refractivity contribution in [1.29, 1.82) is 0 Å². The van der Waals surface area contributed by atoms with Gasteiger partial charge in [-0.2, -0.15) is 0 Å². The molecule has 1 unspecified atom stereocenters. The first kappa shape index (κ1) is 28.1. The van der Waals surface area contributed by atoms with Crippen molar-refractivity contribution in [3.05, 3.63) is 169 Å². The van der Waals surface area contributed by atoms with Gasteiger partial charge in [0, 0.05) is 34.1 Å². The maximum absolute atomic E-state index is 6.63. The largest absolute Gasteiger partial charge is 0.460 e. The molecule has 1 aliphatic rings. The second-order valence-corrected chi connectivity index (χ2v) is 12.5. The van der Waals surface area contributed by atoms with E-state index in [0.717, 1.165) is 61.9 Å². The third kappa shape index (κ3) is 4.99. The normalized spacial score (nSPS) is 14.2. The highest BCUT2D eigenvalue weighted by molar-refractivity contribution is 6.05. The van der Waals surface area contributed by atoms with Gasteiger partial charge >= 0.3 is 0 Å². The van der Waals surface area contributed by atoms with Gasteiger partial charge in [-0.1, -0.05) is 146 Å². The summed E-state index contributed by atoms with van der Waals surface area (Å²) in [6.45, 7) is 2.23. The first-order valence-electron chi connectivity index (χ1n) is 16.4. The van der Waals surface area contributed by atoms with Crippen molar-refractivity contribution >= 4 is 27.3 Å². The molecule has 0 N–H and O–H groups in total. The zero-order valence-corrected chi connectivity index (χ0v) is 26.5. The van der Waals surface area contributed by atoms with E-state index in [4.69, 9.17) is 19.4 Å². The Labute approximate surface area is 279 Å². The van der Waals surface area contributed by atoms with Gasteiger partial charge in [-0.25, -0.2) is 15.0 Å². The number of furan rings is 1. The van der Waals surface area contributed by atoms with E-state index < -0.39 is 0 Å². The van der Waals surface area contributed by atoms with E-state index in [1.165, 1.54) is 16.5 Å². The molecule has 1 atom stereocenters. The third-order valence-electron chi connectivity index (χ3n) is 9.24. The standard InChI is InChI=1S/C44H31N3O/c1-28-25-37(44-46-42(33-14-6-3-7-15-33)45-43(47-44)35-24-21-30-13-8-9-16-34(30)27-35)41-39(26-28)48-38-18-10-17-36(40(38)41)32-22-19-31(20-23-32)29-11-4-2-5-12-29/h2-25,27-28H,26H2,1H3. The van der Waals surface area contributed by atoms with Crippen LogP contribution in [-0.2, 0) is 6.42 Å². The number of hydrogen-bond donors (Lipinski definition) is 0. The van der Waals surface area contributed by atoms with E-state index >= 15 is 0 Å². The summed E-state index contributed by atoms with van der Waals surface area (Å²) in [4.78, 5) is 15.4. The van der Waals surface area contributed by atoms with E-state index in [9.17, 15) is 0 Å². The van der Waals surface area contributed by atoms with Crippen LogP contribution in [0.2, 0.25) is 0 Å². The Morgan fingerprint density at radius 1 is 0.521 bits per heavy atom. The Bertz CT molecular complexity index is 2480. The van der Waals surface area contributed by atoms with Crippen molar-refractivity contribution in [2.24, 2.45) is 5.92 Å². The molecule has 0 saturated heterocycles. The molecular weight excluding hydrogens is 587 g/mol. The van der Waals surface area contributed by atoms with Crippen molar-refractivity contribution in [3.8, 4) is 45.0 Å². The molecule has 228 valence electrons. The van der Waals surface area contributed by atoms with Crippen molar-refractivity contribution in [2.45, 2.75) is 13.3 Å². The van der Waals surface area contributed by atoms with Crippen LogP contribution in [0.1, 0.15) is 24.1 Å². The van der Waals surface area contributed by atoms with E-state index in [0.29, 0.717) is 17.5 Å². The molecule has 8 aromatic rings. The van der Waals surface area contributed by atoms with E-state index in [-0.39, 0.29) is 5.92 Å². The fourth-order valence-corrected chi connectivity index (χ4v) is 6.92. The molecule has 4 heteroatoms. The van der Waals surface area contributed by atoms with Crippen LogP contribution in [0.5, 0.6) is 0 Å². The fourth-order valence-electron chi connectivity index (χ4n) is 6.92. The number of allylic oxidation sites excluding steroid dienone is 1. The van der Waals surface area contributed by atoms with Gasteiger partial charge in [-0.15, -0.1) is 0 Å². The highest BCUT2D eigenvalue weighted by atomic mass is 16.3. The Balaban J connectivity index is 1.23. The lowest BCUT2D eigenvalue weighted by Gasteiger charge is -2.19. The number of nitrogens with zero attached hydrogens (tertiary/aromatic N) is 3. The maximum atomic E-state index is 6.63. The molecule has 0 spiro atoms. The highest BCUT2D eigenvalue weighted by Crippen LogP contribution is 2.44. The minimum absolute atomic E-state index is 0.253. The lowest BCUT2D eigenvalue weighted by Crippen LogP contribution is -2.10. The Morgan fingerprint density at radius 3 is 1.90 bits per heavy atom. The SMILES string of the molecule is CC1C=C(c2nc(-c3ccccc3)nc(-c3ccc4ccccc4c3)n2)c2c(oc3cccc(-c4ccc(-c5ccccc5)cc4)c23)C1. The molecule has 0 amide bonds. The molecule has 1 aliphatic carbocycles. The summed E-state index contributed by atoms with van der Waals surface area (Å²) in [6, 6.07) is 50.6. The molecule has 0 bridgehead atoms. The smallest absolute Gasteiger partial charge is 0.164 e. The quantitative estimate of drug-likeness (QED) is 0.193. The highest BCUT2D eigenvalue weighted by Gasteiger charge is 2.29. The minimum Gasteiger partial charge on any atom is -0.460 e. The van der Waals surface area contributed by atoms with Crippen LogP contribution in [0.15, 0.2) is 156 Å². The molecule has 0 saturated carbocycles. The van der Waals surface area contributed by atoms with Gasteiger partial charge in [0.15, 0.2) is 17.5 Å². The van der Waals surface area contributed by atoms with Crippen molar-refractivity contribution in [2.75, 3.05) is 0 Å². The lowest BCUT2D eigenvalue weighted by molar-refractivity contribution is 0.512. The first-order chi connectivity index (χ1) is 23.7. The molecule has 48 heavy (non-hydrogen) atoms.